The maximum atomic E-state index is 13.6. The van der Waals surface area contributed by atoms with Gasteiger partial charge < -0.3 is 4.74 Å². The average Bonchev–Trinajstić information content (AvgIpc) is 3.18. The highest BCUT2D eigenvalue weighted by atomic mass is 19.1. The van der Waals surface area contributed by atoms with Crippen molar-refractivity contribution in [2.24, 2.45) is 0 Å². The van der Waals surface area contributed by atoms with E-state index in [0.717, 1.165) is 0 Å². The van der Waals surface area contributed by atoms with Crippen LogP contribution in [0.1, 0.15) is 17.3 Å². The third-order valence-corrected chi connectivity index (χ3v) is 3.83. The number of carbonyl (C=O) groups excluding carboxylic acids is 2. The molecule has 9 heteroatoms. The fourth-order valence-corrected chi connectivity index (χ4v) is 2.37. The van der Waals surface area contributed by atoms with Gasteiger partial charge in [0.05, 0.1) is 17.5 Å². The number of amides is 2. The van der Waals surface area contributed by atoms with E-state index in [1.54, 1.807) is 6.07 Å². The minimum absolute atomic E-state index is 0.0788. The van der Waals surface area contributed by atoms with E-state index in [4.69, 9.17) is 4.74 Å². The highest BCUT2D eigenvalue weighted by molar-refractivity contribution is 6.00. The molecule has 0 aliphatic heterocycles. The molecule has 2 aromatic carbocycles. The van der Waals surface area contributed by atoms with Crippen molar-refractivity contribution in [3.8, 4) is 17.0 Å². The van der Waals surface area contributed by atoms with Gasteiger partial charge in [-0.15, -0.1) is 0 Å². The van der Waals surface area contributed by atoms with Crippen molar-refractivity contribution in [1.29, 1.82) is 0 Å². The molecule has 3 rings (SSSR count). The monoisotopic (exact) mass is 386 g/mol. The number of halogens is 2. The van der Waals surface area contributed by atoms with E-state index < -0.39 is 29.6 Å². The van der Waals surface area contributed by atoms with Crippen molar-refractivity contribution in [3.63, 3.8) is 0 Å². The van der Waals surface area contributed by atoms with Crippen LogP contribution in [0.15, 0.2) is 54.7 Å². The van der Waals surface area contributed by atoms with Crippen LogP contribution < -0.4 is 15.6 Å². The van der Waals surface area contributed by atoms with Gasteiger partial charge in [-0.3, -0.25) is 25.5 Å². The smallest absolute Gasteiger partial charge is 0.279 e. The lowest BCUT2D eigenvalue weighted by Crippen LogP contribution is -2.47. The number of benzene rings is 2. The molecule has 1 heterocycles. The van der Waals surface area contributed by atoms with Crippen molar-refractivity contribution < 1.29 is 23.1 Å². The predicted octanol–water partition coefficient (Wildman–Crippen LogP) is 2.58. The van der Waals surface area contributed by atoms with Crippen LogP contribution >= 0.6 is 0 Å². The van der Waals surface area contributed by atoms with Gasteiger partial charge in [0, 0.05) is 5.56 Å². The summed E-state index contributed by atoms with van der Waals surface area (Å²) >= 11 is 0. The standard InChI is InChI=1S/C19H16F2N4O3/c1-11(28-16-5-3-2-4-15(16)21)18(26)24-25-19(27)14-10-22-23-17(14)12-6-8-13(20)9-7-12/h2-11H,1H3,(H,22,23)(H,24,26)(H,25,27). The van der Waals surface area contributed by atoms with Crippen LogP contribution in [-0.2, 0) is 4.79 Å². The summed E-state index contributed by atoms with van der Waals surface area (Å²) in [5.74, 6) is -2.41. The van der Waals surface area contributed by atoms with Crippen LogP contribution in [0.2, 0.25) is 0 Å². The highest BCUT2D eigenvalue weighted by Crippen LogP contribution is 2.21. The van der Waals surface area contributed by atoms with Crippen LogP contribution in [-0.4, -0.2) is 28.1 Å². The fourth-order valence-electron chi connectivity index (χ4n) is 2.37. The lowest BCUT2D eigenvalue weighted by Gasteiger charge is -2.15. The summed E-state index contributed by atoms with van der Waals surface area (Å²) in [7, 11) is 0. The number of aromatic amines is 1. The molecule has 0 spiro atoms. The maximum Gasteiger partial charge on any atom is 0.279 e. The van der Waals surface area contributed by atoms with E-state index in [0.29, 0.717) is 11.3 Å². The molecule has 1 aromatic heterocycles. The zero-order chi connectivity index (χ0) is 20.1. The SMILES string of the molecule is CC(Oc1ccccc1F)C(=O)NNC(=O)c1cn[nH]c1-c1ccc(F)cc1. The summed E-state index contributed by atoms with van der Waals surface area (Å²) in [6.07, 6.45) is 0.220. The second-order valence-electron chi connectivity index (χ2n) is 5.80. The first-order chi connectivity index (χ1) is 13.5. The molecule has 0 radical (unpaired) electrons. The molecule has 2 amide bonds. The van der Waals surface area contributed by atoms with Crippen LogP contribution in [0.5, 0.6) is 5.75 Å². The minimum atomic E-state index is -1.06. The van der Waals surface area contributed by atoms with Crippen LogP contribution in [0.25, 0.3) is 11.3 Å². The summed E-state index contributed by atoms with van der Waals surface area (Å²) < 4.78 is 31.9. The number of rotatable bonds is 5. The lowest BCUT2D eigenvalue weighted by atomic mass is 10.1. The largest absolute Gasteiger partial charge is 0.478 e. The third kappa shape index (κ3) is 4.32. The molecule has 28 heavy (non-hydrogen) atoms. The van der Waals surface area contributed by atoms with Gasteiger partial charge in [0.1, 0.15) is 5.82 Å². The molecule has 0 fully saturated rings. The molecule has 0 aliphatic carbocycles. The van der Waals surface area contributed by atoms with E-state index in [1.165, 1.54) is 55.6 Å². The zero-order valence-corrected chi connectivity index (χ0v) is 14.7. The topological polar surface area (TPSA) is 96.1 Å². The quantitative estimate of drug-likeness (QED) is 0.588. The van der Waals surface area contributed by atoms with Gasteiger partial charge in [-0.05, 0) is 43.3 Å². The lowest BCUT2D eigenvalue weighted by molar-refractivity contribution is -0.128. The molecule has 3 aromatic rings. The van der Waals surface area contributed by atoms with Gasteiger partial charge in [-0.2, -0.15) is 5.10 Å². The first-order valence-corrected chi connectivity index (χ1v) is 8.26. The molecule has 0 saturated carbocycles. The zero-order valence-electron chi connectivity index (χ0n) is 14.7. The number of hydrogen-bond donors (Lipinski definition) is 3. The molecule has 3 N–H and O–H groups in total. The summed E-state index contributed by atoms with van der Waals surface area (Å²) in [6.45, 7) is 1.41. The number of nitrogens with zero attached hydrogens (tertiary/aromatic N) is 1. The second-order valence-corrected chi connectivity index (χ2v) is 5.80. The number of aromatic nitrogens is 2. The van der Waals surface area contributed by atoms with E-state index in [9.17, 15) is 18.4 Å². The molecule has 1 atom stereocenters. The highest BCUT2D eigenvalue weighted by Gasteiger charge is 2.19. The molecule has 144 valence electrons. The summed E-state index contributed by atoms with van der Waals surface area (Å²) in [5, 5.41) is 6.47. The number of ether oxygens (including phenoxy) is 1. The Morgan fingerprint density at radius 2 is 1.79 bits per heavy atom. The van der Waals surface area contributed by atoms with Crippen molar-refractivity contribution in [2.75, 3.05) is 0 Å². The van der Waals surface area contributed by atoms with Crippen molar-refractivity contribution in [2.45, 2.75) is 13.0 Å². The van der Waals surface area contributed by atoms with Gasteiger partial charge in [0.25, 0.3) is 11.8 Å². The van der Waals surface area contributed by atoms with Crippen LogP contribution in [0.4, 0.5) is 8.78 Å². The van der Waals surface area contributed by atoms with Gasteiger partial charge in [0.15, 0.2) is 17.7 Å². The number of para-hydroxylation sites is 1. The molecular weight excluding hydrogens is 370 g/mol. The van der Waals surface area contributed by atoms with E-state index in [2.05, 4.69) is 21.0 Å². The normalized spacial score (nSPS) is 11.5. The third-order valence-electron chi connectivity index (χ3n) is 3.83. The molecule has 0 saturated heterocycles. The van der Waals surface area contributed by atoms with Crippen LogP contribution in [0.3, 0.4) is 0 Å². The Balaban J connectivity index is 1.61. The van der Waals surface area contributed by atoms with Gasteiger partial charge in [-0.1, -0.05) is 12.1 Å². The van der Waals surface area contributed by atoms with Crippen molar-refractivity contribution >= 4 is 11.8 Å². The van der Waals surface area contributed by atoms with Gasteiger partial charge in [0.2, 0.25) is 0 Å². The number of hydrogen-bond acceptors (Lipinski definition) is 4. The van der Waals surface area contributed by atoms with Crippen LogP contribution in [0, 0.1) is 11.6 Å². The summed E-state index contributed by atoms with van der Waals surface area (Å²) in [4.78, 5) is 24.4. The number of carbonyl (C=O) groups is 2. The summed E-state index contributed by atoms with van der Waals surface area (Å²) in [6, 6.07) is 11.1. The Morgan fingerprint density at radius 1 is 1.07 bits per heavy atom. The first kappa shape index (κ1) is 19.0. The molecule has 0 bridgehead atoms. The Morgan fingerprint density at radius 3 is 2.50 bits per heavy atom. The Labute approximate surface area is 158 Å². The van der Waals surface area contributed by atoms with Gasteiger partial charge in [-0.25, -0.2) is 8.78 Å². The molecule has 1 unspecified atom stereocenters. The fraction of sp³-hybridized carbons (Fsp3) is 0.105. The second kappa shape index (κ2) is 8.30. The Hall–Kier alpha value is -3.75. The summed E-state index contributed by atoms with van der Waals surface area (Å²) in [5.41, 5.74) is 5.51. The Kier molecular flexibility index (Phi) is 5.64. The van der Waals surface area contributed by atoms with E-state index in [1.807, 2.05) is 0 Å². The molecular formula is C19H16F2N4O3. The van der Waals surface area contributed by atoms with E-state index in [-0.39, 0.29) is 11.3 Å². The van der Waals surface area contributed by atoms with Crippen molar-refractivity contribution in [3.05, 3.63) is 71.9 Å². The maximum absolute atomic E-state index is 13.6. The average molecular weight is 386 g/mol. The minimum Gasteiger partial charge on any atom is -0.478 e. The Bertz CT molecular complexity index is 989. The number of nitrogens with one attached hydrogen (secondary N) is 3. The van der Waals surface area contributed by atoms with E-state index >= 15 is 0 Å². The predicted molar refractivity (Wildman–Crippen MR) is 96.1 cm³/mol. The number of hydrazine groups is 1. The van der Waals surface area contributed by atoms with Crippen molar-refractivity contribution in [1.82, 2.24) is 21.0 Å². The molecule has 0 aliphatic rings. The van der Waals surface area contributed by atoms with Gasteiger partial charge >= 0.3 is 0 Å². The number of H-pyrrole nitrogens is 1. The molecule has 7 nitrogen and oxygen atoms in total. The first-order valence-electron chi connectivity index (χ1n) is 8.26.